The van der Waals surface area contributed by atoms with Crippen molar-refractivity contribution < 1.29 is 14.3 Å². The van der Waals surface area contributed by atoms with Gasteiger partial charge in [0.15, 0.2) is 0 Å². The van der Waals surface area contributed by atoms with Crippen molar-refractivity contribution in [2.75, 3.05) is 7.11 Å². The van der Waals surface area contributed by atoms with Gasteiger partial charge in [0, 0.05) is 17.9 Å². The average molecular weight is 227 g/mol. The minimum Gasteiger partial charge on any atom is -0.453 e. The molecule has 1 N–H and O–H groups in total. The molecule has 0 heterocycles. The van der Waals surface area contributed by atoms with Crippen molar-refractivity contribution in [2.24, 2.45) is 11.8 Å². The molecule has 0 aromatic rings. The van der Waals surface area contributed by atoms with Gasteiger partial charge in [0.1, 0.15) is 5.78 Å². The van der Waals surface area contributed by atoms with Crippen LogP contribution in [-0.4, -0.2) is 25.0 Å². The first-order chi connectivity index (χ1) is 7.56. The normalized spacial score (nSPS) is 25.2. The quantitative estimate of drug-likeness (QED) is 0.803. The molecule has 1 unspecified atom stereocenters. The highest BCUT2D eigenvalue weighted by Gasteiger charge is 2.32. The Labute approximate surface area is 96.7 Å². The molecular formula is C12H21NO3. The van der Waals surface area contributed by atoms with E-state index in [-0.39, 0.29) is 23.7 Å². The second-order valence-corrected chi connectivity index (χ2v) is 4.69. The number of carbonyl (C=O) groups is 2. The van der Waals surface area contributed by atoms with Crippen LogP contribution in [-0.2, 0) is 9.53 Å². The molecule has 1 rings (SSSR count). The predicted molar refractivity (Wildman–Crippen MR) is 61.1 cm³/mol. The van der Waals surface area contributed by atoms with Crippen LogP contribution in [0.5, 0.6) is 0 Å². The van der Waals surface area contributed by atoms with E-state index in [1.807, 2.05) is 13.8 Å². The van der Waals surface area contributed by atoms with E-state index in [1.165, 1.54) is 7.11 Å². The molecule has 0 aromatic carbocycles. The molecule has 2 atom stereocenters. The maximum atomic E-state index is 12.0. The lowest BCUT2D eigenvalue weighted by atomic mass is 9.79. The van der Waals surface area contributed by atoms with Crippen LogP contribution >= 0.6 is 0 Å². The first-order valence-corrected chi connectivity index (χ1v) is 5.94. The molecular weight excluding hydrogens is 206 g/mol. The molecule has 0 spiro atoms. The molecule has 0 aliphatic heterocycles. The van der Waals surface area contributed by atoms with E-state index in [2.05, 4.69) is 10.1 Å². The minimum atomic E-state index is -0.437. The first kappa shape index (κ1) is 13.0. The summed E-state index contributed by atoms with van der Waals surface area (Å²) in [5, 5.41) is 2.77. The lowest BCUT2D eigenvalue weighted by molar-refractivity contribution is -0.127. The van der Waals surface area contributed by atoms with Crippen molar-refractivity contribution in [3.63, 3.8) is 0 Å². The molecule has 0 saturated heterocycles. The number of amides is 1. The monoisotopic (exact) mass is 227 g/mol. The maximum absolute atomic E-state index is 12.0. The van der Waals surface area contributed by atoms with Crippen LogP contribution in [0.15, 0.2) is 0 Å². The Balaban J connectivity index is 2.63. The Kier molecular flexibility index (Phi) is 4.77. The van der Waals surface area contributed by atoms with Gasteiger partial charge in [0.2, 0.25) is 0 Å². The number of carbonyl (C=O) groups excluding carboxylic acids is 2. The molecule has 0 aromatic heterocycles. The lowest BCUT2D eigenvalue weighted by Crippen LogP contribution is -2.46. The van der Waals surface area contributed by atoms with Crippen LogP contribution in [0.1, 0.15) is 39.5 Å². The number of nitrogens with one attached hydrogen (secondary N) is 1. The van der Waals surface area contributed by atoms with E-state index in [0.29, 0.717) is 0 Å². The zero-order valence-electron chi connectivity index (χ0n) is 10.3. The number of hydrogen-bond donors (Lipinski definition) is 1. The van der Waals surface area contributed by atoms with Crippen molar-refractivity contribution >= 4 is 11.9 Å². The van der Waals surface area contributed by atoms with Crippen molar-refractivity contribution in [3.05, 3.63) is 0 Å². The van der Waals surface area contributed by atoms with Gasteiger partial charge in [-0.15, -0.1) is 0 Å². The summed E-state index contributed by atoms with van der Waals surface area (Å²) < 4.78 is 4.58. The van der Waals surface area contributed by atoms with Crippen molar-refractivity contribution in [1.82, 2.24) is 5.32 Å². The SMILES string of the molecule is COC(=O)NC1CCCC[C@H]1C(=O)C(C)C. The summed E-state index contributed by atoms with van der Waals surface area (Å²) in [6, 6.07) is -0.0453. The molecule has 4 nitrogen and oxygen atoms in total. The van der Waals surface area contributed by atoms with Crippen LogP contribution in [0, 0.1) is 11.8 Å². The maximum Gasteiger partial charge on any atom is 0.407 e. The molecule has 1 fully saturated rings. The third-order valence-corrected chi connectivity index (χ3v) is 3.19. The second-order valence-electron chi connectivity index (χ2n) is 4.69. The smallest absolute Gasteiger partial charge is 0.407 e. The number of rotatable bonds is 3. The molecule has 1 aliphatic rings. The van der Waals surface area contributed by atoms with Crippen molar-refractivity contribution in [2.45, 2.75) is 45.6 Å². The summed E-state index contributed by atoms with van der Waals surface area (Å²) in [6.07, 6.45) is 3.46. The third-order valence-electron chi connectivity index (χ3n) is 3.19. The number of alkyl carbamates (subject to hydrolysis) is 1. The van der Waals surface area contributed by atoms with Gasteiger partial charge in [0.25, 0.3) is 0 Å². The van der Waals surface area contributed by atoms with Crippen molar-refractivity contribution in [3.8, 4) is 0 Å². The van der Waals surface area contributed by atoms with E-state index in [9.17, 15) is 9.59 Å². The average Bonchev–Trinajstić information content (AvgIpc) is 2.28. The Morgan fingerprint density at radius 3 is 2.44 bits per heavy atom. The zero-order valence-corrected chi connectivity index (χ0v) is 10.3. The van der Waals surface area contributed by atoms with Gasteiger partial charge in [-0.1, -0.05) is 26.7 Å². The number of methoxy groups -OCH3 is 1. The molecule has 92 valence electrons. The third kappa shape index (κ3) is 3.22. The summed E-state index contributed by atoms with van der Waals surface area (Å²) >= 11 is 0. The predicted octanol–water partition coefficient (Wildman–Crippen LogP) is 2.13. The Bertz CT molecular complexity index is 263. The molecule has 0 radical (unpaired) electrons. The van der Waals surface area contributed by atoms with Gasteiger partial charge in [0.05, 0.1) is 7.11 Å². The molecule has 1 amide bonds. The van der Waals surface area contributed by atoms with Gasteiger partial charge in [-0.3, -0.25) is 4.79 Å². The molecule has 1 aliphatic carbocycles. The number of Topliss-reactive ketones (excluding diaryl/α,β-unsaturated/α-hetero) is 1. The summed E-state index contributed by atoms with van der Waals surface area (Å²) in [6.45, 7) is 3.82. The molecule has 16 heavy (non-hydrogen) atoms. The van der Waals surface area contributed by atoms with E-state index >= 15 is 0 Å². The molecule has 1 saturated carbocycles. The Morgan fingerprint density at radius 1 is 1.25 bits per heavy atom. The standard InChI is InChI=1S/C12H21NO3/c1-8(2)11(14)9-6-4-5-7-10(9)13-12(15)16-3/h8-10H,4-7H2,1-3H3,(H,13,15)/t9-,10?/m1/s1. The van der Waals surface area contributed by atoms with Crippen LogP contribution in [0.3, 0.4) is 0 Å². The number of ether oxygens (including phenoxy) is 1. The molecule has 4 heteroatoms. The van der Waals surface area contributed by atoms with E-state index in [4.69, 9.17) is 0 Å². The van der Waals surface area contributed by atoms with Crippen LogP contribution in [0.25, 0.3) is 0 Å². The number of hydrogen-bond acceptors (Lipinski definition) is 3. The van der Waals surface area contributed by atoms with E-state index in [1.54, 1.807) is 0 Å². The topological polar surface area (TPSA) is 55.4 Å². The molecule has 0 bridgehead atoms. The highest BCUT2D eigenvalue weighted by molar-refractivity contribution is 5.84. The van der Waals surface area contributed by atoms with Crippen LogP contribution in [0.2, 0.25) is 0 Å². The fraction of sp³-hybridized carbons (Fsp3) is 0.833. The van der Waals surface area contributed by atoms with E-state index < -0.39 is 6.09 Å². The summed E-state index contributed by atoms with van der Waals surface area (Å²) in [4.78, 5) is 23.2. The van der Waals surface area contributed by atoms with Gasteiger partial charge in [-0.05, 0) is 12.8 Å². The number of ketones is 1. The lowest BCUT2D eigenvalue weighted by Gasteiger charge is -2.31. The van der Waals surface area contributed by atoms with Gasteiger partial charge in [-0.2, -0.15) is 0 Å². The highest BCUT2D eigenvalue weighted by Crippen LogP contribution is 2.27. The summed E-state index contributed by atoms with van der Waals surface area (Å²) in [5.41, 5.74) is 0. The Hall–Kier alpha value is -1.06. The minimum absolute atomic E-state index is 0.0325. The fourth-order valence-corrected chi connectivity index (χ4v) is 2.28. The largest absolute Gasteiger partial charge is 0.453 e. The Morgan fingerprint density at radius 2 is 1.88 bits per heavy atom. The zero-order chi connectivity index (χ0) is 12.1. The summed E-state index contributed by atoms with van der Waals surface area (Å²) in [7, 11) is 1.34. The van der Waals surface area contributed by atoms with E-state index in [0.717, 1.165) is 25.7 Å². The van der Waals surface area contributed by atoms with Crippen LogP contribution in [0.4, 0.5) is 4.79 Å². The van der Waals surface area contributed by atoms with Crippen molar-refractivity contribution in [1.29, 1.82) is 0 Å². The van der Waals surface area contributed by atoms with Crippen LogP contribution < -0.4 is 5.32 Å². The second kappa shape index (κ2) is 5.87. The van der Waals surface area contributed by atoms with Gasteiger partial charge in [-0.25, -0.2) is 4.79 Å². The highest BCUT2D eigenvalue weighted by atomic mass is 16.5. The van der Waals surface area contributed by atoms with Gasteiger partial charge < -0.3 is 10.1 Å². The summed E-state index contributed by atoms with van der Waals surface area (Å²) in [5.74, 6) is 0.249. The fourth-order valence-electron chi connectivity index (χ4n) is 2.28. The first-order valence-electron chi connectivity index (χ1n) is 5.94. The van der Waals surface area contributed by atoms with Gasteiger partial charge >= 0.3 is 6.09 Å².